The maximum absolute atomic E-state index is 11.5. The van der Waals surface area contributed by atoms with Gasteiger partial charge in [0.1, 0.15) is 0 Å². The van der Waals surface area contributed by atoms with Gasteiger partial charge >= 0.3 is 12.0 Å². The SMILES string of the molecule is CC#CCCNC(=O)NC(=O)C(C)=C(C)C(=O)O. The van der Waals surface area contributed by atoms with Gasteiger partial charge in [0.15, 0.2) is 0 Å². The Bertz CT molecular complexity index is 441. The molecule has 0 saturated carbocycles. The van der Waals surface area contributed by atoms with Gasteiger partial charge < -0.3 is 10.4 Å². The fraction of sp³-hybridized carbons (Fsp3) is 0.417. The second-order valence-corrected chi connectivity index (χ2v) is 3.44. The van der Waals surface area contributed by atoms with Gasteiger partial charge in [-0.1, -0.05) is 0 Å². The molecule has 0 fully saturated rings. The van der Waals surface area contributed by atoms with Crippen LogP contribution >= 0.6 is 0 Å². The Kier molecular flexibility index (Phi) is 6.89. The molecule has 0 aromatic carbocycles. The summed E-state index contributed by atoms with van der Waals surface area (Å²) in [6.45, 7) is 4.65. The normalized spacial score (nSPS) is 10.6. The molecule has 0 aromatic rings. The molecule has 0 radical (unpaired) electrons. The van der Waals surface area contributed by atoms with Crippen molar-refractivity contribution in [1.82, 2.24) is 10.6 Å². The standard InChI is InChI=1S/C12H16N2O4/c1-4-5-6-7-13-12(18)14-10(15)8(2)9(3)11(16)17/h6-7H2,1-3H3,(H,16,17)(H2,13,14,15,18). The van der Waals surface area contributed by atoms with Crippen LogP contribution in [0, 0.1) is 11.8 Å². The molecule has 0 unspecified atom stereocenters. The zero-order valence-electron chi connectivity index (χ0n) is 10.6. The minimum atomic E-state index is -1.19. The summed E-state index contributed by atoms with van der Waals surface area (Å²) < 4.78 is 0. The number of carbonyl (C=O) groups is 3. The minimum Gasteiger partial charge on any atom is -0.478 e. The van der Waals surface area contributed by atoms with Crippen LogP contribution in [0.25, 0.3) is 0 Å². The molecule has 3 N–H and O–H groups in total. The summed E-state index contributed by atoms with van der Waals surface area (Å²) in [5.74, 6) is 3.49. The molecule has 0 bridgehead atoms. The summed E-state index contributed by atoms with van der Waals surface area (Å²) in [5, 5.41) is 13.1. The molecule has 98 valence electrons. The van der Waals surface area contributed by atoms with Crippen LogP contribution in [0.2, 0.25) is 0 Å². The van der Waals surface area contributed by atoms with Gasteiger partial charge in [0.2, 0.25) is 0 Å². The highest BCUT2D eigenvalue weighted by molar-refractivity contribution is 6.07. The largest absolute Gasteiger partial charge is 0.478 e. The molecule has 0 aliphatic rings. The molecule has 0 aromatic heterocycles. The van der Waals surface area contributed by atoms with Crippen LogP contribution in [0.5, 0.6) is 0 Å². The number of nitrogens with one attached hydrogen (secondary N) is 2. The first-order valence-electron chi connectivity index (χ1n) is 5.29. The Morgan fingerprint density at radius 2 is 1.78 bits per heavy atom. The maximum atomic E-state index is 11.5. The number of urea groups is 1. The fourth-order valence-corrected chi connectivity index (χ4v) is 0.935. The molecule has 6 nitrogen and oxygen atoms in total. The lowest BCUT2D eigenvalue weighted by atomic mass is 10.1. The van der Waals surface area contributed by atoms with Crippen LogP contribution in [0.15, 0.2) is 11.1 Å². The first kappa shape index (κ1) is 15.7. The monoisotopic (exact) mass is 252 g/mol. The predicted octanol–water partition coefficient (Wildman–Crippen LogP) is 0.647. The second-order valence-electron chi connectivity index (χ2n) is 3.44. The molecule has 0 heterocycles. The predicted molar refractivity (Wildman–Crippen MR) is 65.6 cm³/mol. The highest BCUT2D eigenvalue weighted by Gasteiger charge is 2.14. The Labute approximate surface area is 105 Å². The number of aliphatic carboxylic acids is 1. The van der Waals surface area contributed by atoms with E-state index in [1.165, 1.54) is 13.8 Å². The maximum Gasteiger partial charge on any atom is 0.331 e. The highest BCUT2D eigenvalue weighted by Crippen LogP contribution is 2.02. The number of rotatable bonds is 4. The van der Waals surface area contributed by atoms with Gasteiger partial charge in [0, 0.05) is 24.1 Å². The Morgan fingerprint density at radius 3 is 2.28 bits per heavy atom. The molecule has 0 rings (SSSR count). The van der Waals surface area contributed by atoms with E-state index >= 15 is 0 Å². The summed E-state index contributed by atoms with van der Waals surface area (Å²) in [5.41, 5.74) is -0.108. The van der Waals surface area contributed by atoms with Crippen LogP contribution < -0.4 is 10.6 Å². The molecule has 0 spiro atoms. The van der Waals surface area contributed by atoms with Gasteiger partial charge in [-0.05, 0) is 20.8 Å². The summed E-state index contributed by atoms with van der Waals surface area (Å²) in [6.07, 6.45) is 0.487. The Hall–Kier alpha value is -2.29. The van der Waals surface area contributed by atoms with Crippen molar-refractivity contribution in [1.29, 1.82) is 0 Å². The van der Waals surface area contributed by atoms with Crippen LogP contribution in [0.3, 0.4) is 0 Å². The summed E-state index contributed by atoms with van der Waals surface area (Å²) in [7, 11) is 0. The summed E-state index contributed by atoms with van der Waals surface area (Å²) in [6, 6.07) is -0.671. The van der Waals surface area contributed by atoms with E-state index in [1.807, 2.05) is 5.32 Å². The minimum absolute atomic E-state index is 0.00833. The number of carboxylic acids is 1. The van der Waals surface area contributed by atoms with Gasteiger partial charge in [-0.3, -0.25) is 10.1 Å². The molecular formula is C12H16N2O4. The number of carbonyl (C=O) groups excluding carboxylic acids is 2. The van der Waals surface area contributed by atoms with Crippen molar-refractivity contribution in [3.8, 4) is 11.8 Å². The van der Waals surface area contributed by atoms with E-state index in [4.69, 9.17) is 5.11 Å². The third-order valence-electron chi connectivity index (χ3n) is 2.16. The van der Waals surface area contributed by atoms with Crippen molar-refractivity contribution < 1.29 is 19.5 Å². The van der Waals surface area contributed by atoms with E-state index < -0.39 is 17.9 Å². The third kappa shape index (κ3) is 5.70. The van der Waals surface area contributed by atoms with Gasteiger partial charge in [-0.15, -0.1) is 11.8 Å². The second kappa shape index (κ2) is 7.90. The smallest absolute Gasteiger partial charge is 0.331 e. The number of hydrogen-bond acceptors (Lipinski definition) is 3. The van der Waals surface area contributed by atoms with Crippen LogP contribution in [0.4, 0.5) is 4.79 Å². The molecular weight excluding hydrogens is 236 g/mol. The first-order valence-corrected chi connectivity index (χ1v) is 5.29. The van der Waals surface area contributed by atoms with Gasteiger partial charge in [-0.2, -0.15) is 0 Å². The lowest BCUT2D eigenvalue weighted by molar-refractivity contribution is -0.133. The quantitative estimate of drug-likeness (QED) is 0.389. The van der Waals surface area contributed by atoms with E-state index in [9.17, 15) is 14.4 Å². The number of carboxylic acid groups (broad SMARTS) is 1. The molecule has 0 aliphatic heterocycles. The van der Waals surface area contributed by atoms with E-state index in [0.717, 1.165) is 0 Å². The number of hydrogen-bond donors (Lipinski definition) is 3. The van der Waals surface area contributed by atoms with Gasteiger partial charge in [0.05, 0.1) is 0 Å². The molecule has 0 aliphatic carbocycles. The Balaban J connectivity index is 4.31. The van der Waals surface area contributed by atoms with Crippen molar-refractivity contribution in [2.24, 2.45) is 0 Å². The van der Waals surface area contributed by atoms with Crippen molar-refractivity contribution in [2.75, 3.05) is 6.54 Å². The van der Waals surface area contributed by atoms with E-state index in [-0.39, 0.29) is 11.1 Å². The first-order chi connectivity index (χ1) is 8.40. The van der Waals surface area contributed by atoms with Crippen molar-refractivity contribution >= 4 is 17.9 Å². The van der Waals surface area contributed by atoms with Crippen LogP contribution in [0.1, 0.15) is 27.2 Å². The molecule has 0 saturated heterocycles. The highest BCUT2D eigenvalue weighted by atomic mass is 16.4. The van der Waals surface area contributed by atoms with Crippen LogP contribution in [-0.2, 0) is 9.59 Å². The van der Waals surface area contributed by atoms with E-state index in [0.29, 0.717) is 13.0 Å². The van der Waals surface area contributed by atoms with E-state index in [1.54, 1.807) is 6.92 Å². The van der Waals surface area contributed by atoms with Crippen molar-refractivity contribution in [3.05, 3.63) is 11.1 Å². The van der Waals surface area contributed by atoms with Gasteiger partial charge in [-0.25, -0.2) is 9.59 Å². The van der Waals surface area contributed by atoms with Crippen LogP contribution in [-0.4, -0.2) is 29.6 Å². The lowest BCUT2D eigenvalue weighted by Crippen LogP contribution is -2.40. The van der Waals surface area contributed by atoms with Crippen molar-refractivity contribution in [3.63, 3.8) is 0 Å². The average Bonchev–Trinajstić information content (AvgIpc) is 2.32. The third-order valence-corrected chi connectivity index (χ3v) is 2.16. The van der Waals surface area contributed by atoms with Crippen molar-refractivity contribution in [2.45, 2.75) is 27.2 Å². The average molecular weight is 252 g/mol. The molecule has 6 heteroatoms. The molecule has 18 heavy (non-hydrogen) atoms. The number of imide groups is 1. The van der Waals surface area contributed by atoms with E-state index in [2.05, 4.69) is 17.2 Å². The lowest BCUT2D eigenvalue weighted by Gasteiger charge is -2.06. The van der Waals surface area contributed by atoms with Gasteiger partial charge in [0.25, 0.3) is 5.91 Å². The summed E-state index contributed by atoms with van der Waals surface area (Å²) >= 11 is 0. The zero-order chi connectivity index (χ0) is 14.1. The fourth-order valence-electron chi connectivity index (χ4n) is 0.935. The number of amides is 3. The topological polar surface area (TPSA) is 95.5 Å². The molecule has 3 amide bonds. The molecule has 0 atom stereocenters. The Morgan fingerprint density at radius 1 is 1.17 bits per heavy atom. The zero-order valence-corrected chi connectivity index (χ0v) is 10.6. The summed E-state index contributed by atoms with van der Waals surface area (Å²) in [4.78, 5) is 33.3.